The highest BCUT2D eigenvalue weighted by Crippen LogP contribution is 2.66. The van der Waals surface area contributed by atoms with Gasteiger partial charge in [-0.3, -0.25) is 4.79 Å². The Bertz CT molecular complexity index is 238. The van der Waals surface area contributed by atoms with Gasteiger partial charge in [-0.1, -0.05) is 0 Å². The predicted molar refractivity (Wildman–Crippen MR) is 35.9 cm³/mol. The van der Waals surface area contributed by atoms with Crippen molar-refractivity contribution >= 4 is 5.97 Å². The van der Waals surface area contributed by atoms with Crippen LogP contribution < -0.4 is 0 Å². The maximum atomic E-state index is 12.3. The maximum absolute atomic E-state index is 12.3. The standard InChI is InChI=1S/C7H9F3O3/c1-6(7(8,9)10)3(2-11)4(6)5(12)13/h3-4,11H,2H2,1H3,(H,12,13). The van der Waals surface area contributed by atoms with Crippen LogP contribution in [0.3, 0.4) is 0 Å². The summed E-state index contributed by atoms with van der Waals surface area (Å²) in [5.74, 6) is -4.21. The minimum absolute atomic E-state index is 0.743. The van der Waals surface area contributed by atoms with E-state index in [-0.39, 0.29) is 0 Å². The number of carboxylic acid groups (broad SMARTS) is 1. The molecule has 0 amide bonds. The molecule has 13 heavy (non-hydrogen) atoms. The summed E-state index contributed by atoms with van der Waals surface area (Å²) >= 11 is 0. The smallest absolute Gasteiger partial charge is 0.395 e. The number of aliphatic hydroxyl groups is 1. The molecule has 1 fully saturated rings. The molecule has 0 aromatic carbocycles. The fraction of sp³-hybridized carbons (Fsp3) is 0.857. The van der Waals surface area contributed by atoms with Crippen LogP contribution in [0.2, 0.25) is 0 Å². The molecular formula is C7H9F3O3. The Morgan fingerprint density at radius 1 is 1.54 bits per heavy atom. The number of halogens is 3. The Kier molecular flexibility index (Phi) is 2.06. The second-order valence-corrected chi connectivity index (χ2v) is 3.39. The monoisotopic (exact) mass is 198 g/mol. The van der Waals surface area contributed by atoms with Crippen LogP contribution in [0.4, 0.5) is 13.2 Å². The quantitative estimate of drug-likeness (QED) is 0.692. The lowest BCUT2D eigenvalue weighted by Gasteiger charge is -2.15. The molecule has 3 atom stereocenters. The molecule has 0 aliphatic heterocycles. The number of alkyl halides is 3. The van der Waals surface area contributed by atoms with E-state index in [4.69, 9.17) is 10.2 Å². The summed E-state index contributed by atoms with van der Waals surface area (Å²) in [6.07, 6.45) is -4.57. The Morgan fingerprint density at radius 2 is 2.00 bits per heavy atom. The SMILES string of the molecule is CC1(C(F)(F)F)C(CO)C1C(=O)O. The van der Waals surface area contributed by atoms with Crippen LogP contribution in [-0.2, 0) is 4.79 Å². The molecule has 1 rings (SSSR count). The molecule has 3 nitrogen and oxygen atoms in total. The van der Waals surface area contributed by atoms with Crippen LogP contribution >= 0.6 is 0 Å². The fourth-order valence-electron chi connectivity index (χ4n) is 1.71. The zero-order chi connectivity index (χ0) is 10.4. The number of rotatable bonds is 2. The second kappa shape index (κ2) is 2.60. The van der Waals surface area contributed by atoms with E-state index in [1.165, 1.54) is 0 Å². The normalized spacial score (nSPS) is 38.8. The molecule has 0 bridgehead atoms. The van der Waals surface area contributed by atoms with E-state index in [9.17, 15) is 18.0 Å². The molecule has 1 aliphatic rings. The molecule has 76 valence electrons. The molecule has 0 saturated heterocycles. The molecule has 1 aliphatic carbocycles. The summed E-state index contributed by atoms with van der Waals surface area (Å²) in [4.78, 5) is 10.4. The van der Waals surface area contributed by atoms with E-state index in [2.05, 4.69) is 0 Å². The van der Waals surface area contributed by atoms with Crippen molar-refractivity contribution in [2.45, 2.75) is 13.1 Å². The minimum Gasteiger partial charge on any atom is -0.481 e. The average molecular weight is 198 g/mol. The van der Waals surface area contributed by atoms with Gasteiger partial charge in [-0.2, -0.15) is 13.2 Å². The van der Waals surface area contributed by atoms with Gasteiger partial charge < -0.3 is 10.2 Å². The molecule has 0 spiro atoms. The lowest BCUT2D eigenvalue weighted by Crippen LogP contribution is -2.26. The van der Waals surface area contributed by atoms with E-state index < -0.39 is 36.0 Å². The van der Waals surface area contributed by atoms with Crippen molar-refractivity contribution in [3.05, 3.63) is 0 Å². The first-order valence-electron chi connectivity index (χ1n) is 3.67. The number of hydrogen-bond donors (Lipinski definition) is 2. The first-order chi connectivity index (χ1) is 5.76. The molecule has 1 saturated carbocycles. The topological polar surface area (TPSA) is 57.5 Å². The van der Waals surface area contributed by atoms with Crippen LogP contribution in [0.5, 0.6) is 0 Å². The van der Waals surface area contributed by atoms with Gasteiger partial charge in [0.2, 0.25) is 0 Å². The summed E-state index contributed by atoms with van der Waals surface area (Å²) in [7, 11) is 0. The van der Waals surface area contributed by atoms with Crippen LogP contribution in [0.1, 0.15) is 6.92 Å². The molecule has 0 aromatic rings. The van der Waals surface area contributed by atoms with Gasteiger partial charge in [-0.15, -0.1) is 0 Å². The number of carboxylic acids is 1. The zero-order valence-electron chi connectivity index (χ0n) is 6.80. The molecule has 0 heterocycles. The highest BCUT2D eigenvalue weighted by molar-refractivity contribution is 5.76. The van der Waals surface area contributed by atoms with Gasteiger partial charge in [-0.25, -0.2) is 0 Å². The summed E-state index contributed by atoms with van der Waals surface area (Å²) in [6.45, 7) is 0.0830. The van der Waals surface area contributed by atoms with E-state index in [1.807, 2.05) is 0 Å². The largest absolute Gasteiger partial charge is 0.481 e. The van der Waals surface area contributed by atoms with Gasteiger partial charge in [-0.05, 0) is 6.92 Å². The molecule has 0 aromatic heterocycles. The fourth-order valence-corrected chi connectivity index (χ4v) is 1.71. The zero-order valence-corrected chi connectivity index (χ0v) is 6.80. The molecule has 0 radical (unpaired) electrons. The van der Waals surface area contributed by atoms with Gasteiger partial charge >= 0.3 is 12.1 Å². The number of aliphatic hydroxyl groups excluding tert-OH is 1. The van der Waals surface area contributed by atoms with Crippen molar-refractivity contribution in [1.82, 2.24) is 0 Å². The van der Waals surface area contributed by atoms with Gasteiger partial charge in [0.25, 0.3) is 0 Å². The Hall–Kier alpha value is -0.780. The summed E-state index contributed by atoms with van der Waals surface area (Å²) in [5, 5.41) is 17.0. The van der Waals surface area contributed by atoms with Crippen molar-refractivity contribution < 1.29 is 28.2 Å². The Morgan fingerprint density at radius 3 is 2.08 bits per heavy atom. The lowest BCUT2D eigenvalue weighted by atomic mass is 10.1. The van der Waals surface area contributed by atoms with Crippen molar-refractivity contribution in [2.24, 2.45) is 17.3 Å². The molecule has 3 unspecified atom stereocenters. The minimum atomic E-state index is -4.57. The maximum Gasteiger partial charge on any atom is 0.395 e. The van der Waals surface area contributed by atoms with Gasteiger partial charge in [0, 0.05) is 12.5 Å². The first kappa shape index (κ1) is 10.3. The Labute approximate surface area is 72.2 Å². The van der Waals surface area contributed by atoms with Gasteiger partial charge in [0.05, 0.1) is 11.3 Å². The predicted octanol–water partition coefficient (Wildman–Crippen LogP) is 0.878. The van der Waals surface area contributed by atoms with Crippen molar-refractivity contribution in [2.75, 3.05) is 6.61 Å². The number of carbonyl (C=O) groups is 1. The third-order valence-corrected chi connectivity index (χ3v) is 2.78. The third-order valence-electron chi connectivity index (χ3n) is 2.78. The summed E-state index contributed by atoms with van der Waals surface area (Å²) in [5.41, 5.74) is -2.26. The van der Waals surface area contributed by atoms with E-state index in [1.54, 1.807) is 0 Å². The van der Waals surface area contributed by atoms with Crippen LogP contribution in [0.15, 0.2) is 0 Å². The Balaban J connectivity index is 2.89. The van der Waals surface area contributed by atoms with Gasteiger partial charge in [0.1, 0.15) is 0 Å². The highest BCUT2D eigenvalue weighted by atomic mass is 19.4. The highest BCUT2D eigenvalue weighted by Gasteiger charge is 2.77. The van der Waals surface area contributed by atoms with E-state index >= 15 is 0 Å². The molecule has 2 N–H and O–H groups in total. The van der Waals surface area contributed by atoms with E-state index in [0.29, 0.717) is 0 Å². The van der Waals surface area contributed by atoms with Crippen LogP contribution in [0, 0.1) is 17.3 Å². The third kappa shape index (κ3) is 1.20. The first-order valence-corrected chi connectivity index (χ1v) is 3.67. The molecule has 6 heteroatoms. The van der Waals surface area contributed by atoms with Crippen molar-refractivity contribution in [3.63, 3.8) is 0 Å². The van der Waals surface area contributed by atoms with Crippen LogP contribution in [-0.4, -0.2) is 29.0 Å². The van der Waals surface area contributed by atoms with Crippen molar-refractivity contribution in [1.29, 1.82) is 0 Å². The average Bonchev–Trinajstić information content (AvgIpc) is 2.55. The lowest BCUT2D eigenvalue weighted by molar-refractivity contribution is -0.194. The second-order valence-electron chi connectivity index (χ2n) is 3.39. The number of hydrogen-bond acceptors (Lipinski definition) is 2. The molecular weight excluding hydrogens is 189 g/mol. The van der Waals surface area contributed by atoms with Gasteiger partial charge in [0.15, 0.2) is 0 Å². The van der Waals surface area contributed by atoms with E-state index in [0.717, 1.165) is 6.92 Å². The summed E-state index contributed by atoms with van der Waals surface area (Å²) in [6, 6.07) is 0. The van der Waals surface area contributed by atoms with Crippen LogP contribution in [0.25, 0.3) is 0 Å². The number of aliphatic carboxylic acids is 1. The summed E-state index contributed by atoms with van der Waals surface area (Å²) < 4.78 is 36.9. The van der Waals surface area contributed by atoms with Crippen molar-refractivity contribution in [3.8, 4) is 0 Å².